The van der Waals surface area contributed by atoms with Gasteiger partial charge in [0, 0.05) is 13.1 Å². The summed E-state index contributed by atoms with van der Waals surface area (Å²) in [6.45, 7) is 1.10. The van der Waals surface area contributed by atoms with Crippen LogP contribution in [0.4, 0.5) is 13.2 Å². The second kappa shape index (κ2) is 5.88. The van der Waals surface area contributed by atoms with E-state index in [-0.39, 0.29) is 6.54 Å². The number of likely N-dealkylation sites (tertiary alicyclic amines) is 1. The first-order valence-electron chi connectivity index (χ1n) is 5.94. The van der Waals surface area contributed by atoms with E-state index in [1.165, 1.54) is 0 Å². The van der Waals surface area contributed by atoms with Crippen LogP contribution in [0.25, 0.3) is 0 Å². The van der Waals surface area contributed by atoms with Crippen molar-refractivity contribution in [1.82, 2.24) is 9.80 Å². The topological polar surface area (TPSA) is 43.8 Å². The standard InChI is InChI=1S/C11H19F3N2O2/c1-8(17)3-5-15(2)9-4-6-16(10(9)18)7-11(12,13)14/h8-9,17H,3-7H2,1-2H3. The SMILES string of the molecule is CC(O)CCN(C)C1CCN(CC(F)(F)F)C1=O. The molecule has 1 rings (SSSR count). The fraction of sp³-hybridized carbons (Fsp3) is 0.909. The van der Waals surface area contributed by atoms with Crippen LogP contribution in [0.5, 0.6) is 0 Å². The van der Waals surface area contributed by atoms with E-state index in [4.69, 9.17) is 5.11 Å². The Balaban J connectivity index is 2.48. The number of aliphatic hydroxyl groups excluding tert-OH is 1. The Labute approximate surface area is 104 Å². The number of amides is 1. The molecule has 1 aliphatic heterocycles. The summed E-state index contributed by atoms with van der Waals surface area (Å²) in [5, 5.41) is 9.14. The summed E-state index contributed by atoms with van der Waals surface area (Å²) in [6, 6.07) is -0.494. The third-order valence-corrected chi connectivity index (χ3v) is 3.07. The minimum atomic E-state index is -4.34. The summed E-state index contributed by atoms with van der Waals surface area (Å²) in [5.74, 6) is -0.472. The molecule has 0 aliphatic carbocycles. The predicted molar refractivity (Wildman–Crippen MR) is 60.0 cm³/mol. The summed E-state index contributed by atoms with van der Waals surface area (Å²) in [7, 11) is 1.70. The second-order valence-electron chi connectivity index (χ2n) is 4.80. The van der Waals surface area contributed by atoms with E-state index < -0.39 is 30.8 Å². The molecule has 1 fully saturated rings. The van der Waals surface area contributed by atoms with Gasteiger partial charge >= 0.3 is 6.18 Å². The lowest BCUT2D eigenvalue weighted by atomic mass is 10.2. The van der Waals surface area contributed by atoms with Crippen molar-refractivity contribution < 1.29 is 23.1 Å². The first kappa shape index (κ1) is 15.2. The molecule has 1 amide bonds. The van der Waals surface area contributed by atoms with Gasteiger partial charge in [-0.05, 0) is 26.8 Å². The van der Waals surface area contributed by atoms with E-state index in [9.17, 15) is 18.0 Å². The quantitative estimate of drug-likeness (QED) is 0.804. The third-order valence-electron chi connectivity index (χ3n) is 3.07. The van der Waals surface area contributed by atoms with Crippen LogP contribution in [0.1, 0.15) is 19.8 Å². The van der Waals surface area contributed by atoms with Crippen molar-refractivity contribution in [3.05, 3.63) is 0 Å². The number of alkyl halides is 3. The number of carbonyl (C=O) groups is 1. The average Bonchev–Trinajstić information content (AvgIpc) is 2.55. The van der Waals surface area contributed by atoms with E-state index in [2.05, 4.69) is 0 Å². The maximum absolute atomic E-state index is 12.2. The fourth-order valence-corrected chi connectivity index (χ4v) is 2.05. The molecule has 106 valence electrons. The molecular weight excluding hydrogens is 249 g/mol. The number of rotatable bonds is 5. The van der Waals surface area contributed by atoms with Gasteiger partial charge in [0.1, 0.15) is 6.54 Å². The van der Waals surface area contributed by atoms with Gasteiger partial charge in [-0.2, -0.15) is 13.2 Å². The highest BCUT2D eigenvalue weighted by atomic mass is 19.4. The highest BCUT2D eigenvalue weighted by Gasteiger charge is 2.40. The molecular formula is C11H19F3N2O2. The van der Waals surface area contributed by atoms with Crippen LogP contribution in [0.15, 0.2) is 0 Å². The van der Waals surface area contributed by atoms with Crippen molar-refractivity contribution in [1.29, 1.82) is 0 Å². The predicted octanol–water partition coefficient (Wildman–Crippen LogP) is 0.852. The largest absolute Gasteiger partial charge is 0.406 e. The molecule has 0 aromatic heterocycles. The van der Waals surface area contributed by atoms with Gasteiger partial charge < -0.3 is 10.0 Å². The van der Waals surface area contributed by atoms with Crippen molar-refractivity contribution in [3.63, 3.8) is 0 Å². The van der Waals surface area contributed by atoms with Crippen LogP contribution in [-0.2, 0) is 4.79 Å². The average molecular weight is 268 g/mol. The maximum Gasteiger partial charge on any atom is 0.406 e. The molecule has 1 N–H and O–H groups in total. The Morgan fingerprint density at radius 1 is 1.56 bits per heavy atom. The lowest BCUT2D eigenvalue weighted by Gasteiger charge is -2.24. The van der Waals surface area contributed by atoms with E-state index >= 15 is 0 Å². The minimum Gasteiger partial charge on any atom is -0.393 e. The van der Waals surface area contributed by atoms with Crippen molar-refractivity contribution >= 4 is 5.91 Å². The van der Waals surface area contributed by atoms with Crippen molar-refractivity contribution in [2.24, 2.45) is 0 Å². The van der Waals surface area contributed by atoms with Crippen LogP contribution >= 0.6 is 0 Å². The summed E-state index contributed by atoms with van der Waals surface area (Å²) in [4.78, 5) is 14.4. The van der Waals surface area contributed by atoms with Gasteiger partial charge in [0.15, 0.2) is 0 Å². The normalized spacial score (nSPS) is 22.9. The van der Waals surface area contributed by atoms with Gasteiger partial charge in [-0.15, -0.1) is 0 Å². The van der Waals surface area contributed by atoms with Crippen molar-refractivity contribution in [2.45, 2.75) is 38.1 Å². The molecule has 0 radical (unpaired) electrons. The number of halogens is 3. The minimum absolute atomic E-state index is 0.141. The molecule has 0 aromatic carbocycles. The Morgan fingerprint density at radius 2 is 2.17 bits per heavy atom. The molecule has 0 spiro atoms. The molecule has 2 unspecified atom stereocenters. The lowest BCUT2D eigenvalue weighted by Crippen LogP contribution is -2.43. The van der Waals surface area contributed by atoms with Crippen molar-refractivity contribution in [3.8, 4) is 0 Å². The maximum atomic E-state index is 12.2. The number of aliphatic hydroxyl groups is 1. The Morgan fingerprint density at radius 3 is 2.67 bits per heavy atom. The van der Waals surface area contributed by atoms with E-state index in [1.807, 2.05) is 0 Å². The Bertz CT molecular complexity index is 295. The van der Waals surface area contributed by atoms with Crippen LogP contribution in [0.3, 0.4) is 0 Å². The molecule has 0 saturated carbocycles. The molecule has 1 saturated heterocycles. The lowest BCUT2D eigenvalue weighted by molar-refractivity contribution is -0.159. The highest BCUT2D eigenvalue weighted by Crippen LogP contribution is 2.22. The van der Waals surface area contributed by atoms with Gasteiger partial charge in [-0.1, -0.05) is 0 Å². The van der Waals surface area contributed by atoms with Crippen LogP contribution in [-0.4, -0.2) is 65.8 Å². The zero-order valence-corrected chi connectivity index (χ0v) is 10.6. The molecule has 1 heterocycles. The first-order chi connectivity index (χ1) is 8.20. The zero-order chi connectivity index (χ0) is 13.9. The van der Waals surface area contributed by atoms with Gasteiger partial charge in [0.2, 0.25) is 5.91 Å². The van der Waals surface area contributed by atoms with Gasteiger partial charge in [-0.3, -0.25) is 9.69 Å². The zero-order valence-electron chi connectivity index (χ0n) is 10.6. The summed E-state index contributed by atoms with van der Waals surface area (Å²) in [5.41, 5.74) is 0. The molecule has 0 aromatic rings. The molecule has 2 atom stereocenters. The number of hydrogen-bond donors (Lipinski definition) is 1. The van der Waals surface area contributed by atoms with E-state index in [0.717, 1.165) is 4.90 Å². The fourth-order valence-electron chi connectivity index (χ4n) is 2.05. The molecule has 1 aliphatic rings. The van der Waals surface area contributed by atoms with E-state index in [0.29, 0.717) is 19.4 Å². The third kappa shape index (κ3) is 4.45. The molecule has 18 heavy (non-hydrogen) atoms. The van der Waals surface area contributed by atoms with Crippen molar-refractivity contribution in [2.75, 3.05) is 26.7 Å². The van der Waals surface area contributed by atoms with E-state index in [1.54, 1.807) is 18.9 Å². The monoisotopic (exact) mass is 268 g/mol. The van der Waals surface area contributed by atoms with Gasteiger partial charge in [0.25, 0.3) is 0 Å². The van der Waals surface area contributed by atoms with Crippen LogP contribution < -0.4 is 0 Å². The van der Waals surface area contributed by atoms with Crippen LogP contribution in [0.2, 0.25) is 0 Å². The summed E-state index contributed by atoms with van der Waals surface area (Å²) >= 11 is 0. The Kier molecular flexibility index (Phi) is 4.98. The van der Waals surface area contributed by atoms with Crippen LogP contribution in [0, 0.1) is 0 Å². The second-order valence-corrected chi connectivity index (χ2v) is 4.80. The number of hydrogen-bond acceptors (Lipinski definition) is 3. The Hall–Kier alpha value is -0.820. The summed E-state index contributed by atoms with van der Waals surface area (Å²) in [6.07, 6.45) is -3.91. The number of nitrogens with zero attached hydrogens (tertiary/aromatic N) is 2. The first-order valence-corrected chi connectivity index (χ1v) is 5.94. The molecule has 7 heteroatoms. The highest BCUT2D eigenvalue weighted by molar-refractivity contribution is 5.84. The summed E-state index contributed by atoms with van der Waals surface area (Å²) < 4.78 is 36.7. The smallest absolute Gasteiger partial charge is 0.393 e. The van der Waals surface area contributed by atoms with Gasteiger partial charge in [-0.25, -0.2) is 0 Å². The van der Waals surface area contributed by atoms with Gasteiger partial charge in [0.05, 0.1) is 12.1 Å². The number of carbonyl (C=O) groups excluding carboxylic acids is 1. The number of likely N-dealkylation sites (N-methyl/N-ethyl adjacent to an activating group) is 1. The molecule has 0 bridgehead atoms. The molecule has 4 nitrogen and oxygen atoms in total.